The van der Waals surface area contributed by atoms with E-state index in [2.05, 4.69) is 21.8 Å². The Bertz CT molecular complexity index is 1060. The number of carbonyl (C=O) groups excluding carboxylic acids is 1. The number of likely N-dealkylation sites (tertiary alicyclic amines) is 1. The average Bonchev–Trinajstić information content (AvgIpc) is 3.39. The molecule has 2 fully saturated rings. The molecule has 0 unspecified atom stereocenters. The van der Waals surface area contributed by atoms with Crippen LogP contribution >= 0.6 is 0 Å². The molecule has 0 saturated carbocycles. The summed E-state index contributed by atoms with van der Waals surface area (Å²) >= 11 is 0. The van der Waals surface area contributed by atoms with E-state index >= 15 is 0 Å². The van der Waals surface area contributed by atoms with Crippen LogP contribution in [0, 0.1) is 12.3 Å². The number of fused-ring (bicyclic) bond motifs is 1. The van der Waals surface area contributed by atoms with Gasteiger partial charge in [0, 0.05) is 31.3 Å². The number of nitrogens with zero attached hydrogens (tertiary/aromatic N) is 4. The van der Waals surface area contributed by atoms with Crippen LogP contribution in [-0.2, 0) is 23.9 Å². The lowest BCUT2D eigenvalue weighted by Crippen LogP contribution is -2.42. The van der Waals surface area contributed by atoms with Gasteiger partial charge in [-0.3, -0.25) is 0 Å². The summed E-state index contributed by atoms with van der Waals surface area (Å²) in [6.45, 7) is 6.82. The van der Waals surface area contributed by atoms with Crippen molar-refractivity contribution in [3.8, 4) is 0 Å². The van der Waals surface area contributed by atoms with Gasteiger partial charge in [0.05, 0.1) is 5.56 Å². The summed E-state index contributed by atoms with van der Waals surface area (Å²) < 4.78 is 44.2. The number of cyclic esters (lactones) is 1. The number of anilines is 1. The van der Waals surface area contributed by atoms with Crippen LogP contribution in [0.25, 0.3) is 0 Å². The zero-order chi connectivity index (χ0) is 23.2. The van der Waals surface area contributed by atoms with Crippen molar-refractivity contribution in [2.75, 3.05) is 37.6 Å². The van der Waals surface area contributed by atoms with Crippen LogP contribution in [0.2, 0.25) is 0 Å². The van der Waals surface area contributed by atoms with Crippen molar-refractivity contribution >= 4 is 11.8 Å². The highest BCUT2D eigenvalue weighted by Crippen LogP contribution is 2.42. The SMILES string of the molecule is Cc1c(CCN2CCC3(CC2)CCN(c2cc(C(F)(F)F)ncn2)C3)ccc2c1COC2=O. The lowest BCUT2D eigenvalue weighted by molar-refractivity contribution is -0.141. The summed E-state index contributed by atoms with van der Waals surface area (Å²) in [5.74, 6) is 0.134. The van der Waals surface area contributed by atoms with Crippen LogP contribution in [0.3, 0.4) is 0 Å². The van der Waals surface area contributed by atoms with E-state index in [0.29, 0.717) is 18.0 Å². The highest BCUT2D eigenvalue weighted by Gasteiger charge is 2.41. The van der Waals surface area contributed by atoms with Gasteiger partial charge in [-0.05, 0) is 68.3 Å². The molecule has 0 radical (unpaired) electrons. The molecule has 176 valence electrons. The lowest BCUT2D eigenvalue weighted by Gasteiger charge is -2.39. The van der Waals surface area contributed by atoms with Crippen molar-refractivity contribution in [3.63, 3.8) is 0 Å². The average molecular weight is 461 g/mol. The van der Waals surface area contributed by atoms with Crippen LogP contribution in [0.15, 0.2) is 24.5 Å². The first-order chi connectivity index (χ1) is 15.7. The molecule has 0 N–H and O–H groups in total. The zero-order valence-corrected chi connectivity index (χ0v) is 18.6. The van der Waals surface area contributed by atoms with Crippen molar-refractivity contribution in [1.29, 1.82) is 0 Å². The Hall–Kier alpha value is -2.68. The number of rotatable bonds is 4. The molecule has 4 heterocycles. The molecular formula is C24H27F3N4O2. The molecule has 1 aromatic heterocycles. The van der Waals surface area contributed by atoms with Gasteiger partial charge in [0.15, 0.2) is 0 Å². The first kappa shape index (κ1) is 22.1. The molecule has 0 aliphatic carbocycles. The normalized spacial score (nSPS) is 20.4. The Morgan fingerprint density at radius 2 is 1.88 bits per heavy atom. The fourth-order valence-corrected chi connectivity index (χ4v) is 5.41. The molecule has 9 heteroatoms. The van der Waals surface area contributed by atoms with Gasteiger partial charge >= 0.3 is 12.1 Å². The molecule has 1 spiro atoms. The maximum atomic E-state index is 13.0. The molecule has 3 aliphatic rings. The van der Waals surface area contributed by atoms with Crippen LogP contribution in [0.1, 0.15) is 52.0 Å². The van der Waals surface area contributed by atoms with Gasteiger partial charge in [-0.25, -0.2) is 14.8 Å². The van der Waals surface area contributed by atoms with Crippen molar-refractivity contribution in [1.82, 2.24) is 14.9 Å². The number of aromatic nitrogens is 2. The van der Waals surface area contributed by atoms with Crippen molar-refractivity contribution < 1.29 is 22.7 Å². The third kappa shape index (κ3) is 4.30. The molecule has 3 aliphatic heterocycles. The minimum atomic E-state index is -4.46. The number of benzene rings is 1. The largest absolute Gasteiger partial charge is 0.457 e. The van der Waals surface area contributed by atoms with Gasteiger partial charge < -0.3 is 14.5 Å². The van der Waals surface area contributed by atoms with Gasteiger partial charge in [0.1, 0.15) is 24.4 Å². The quantitative estimate of drug-likeness (QED) is 0.643. The van der Waals surface area contributed by atoms with Crippen molar-refractivity contribution in [2.24, 2.45) is 5.41 Å². The van der Waals surface area contributed by atoms with Gasteiger partial charge in [0.25, 0.3) is 0 Å². The summed E-state index contributed by atoms with van der Waals surface area (Å²) in [4.78, 5) is 23.7. The third-order valence-electron chi connectivity index (χ3n) is 7.60. The lowest BCUT2D eigenvalue weighted by atomic mass is 9.77. The number of hydrogen-bond donors (Lipinski definition) is 0. The van der Waals surface area contributed by atoms with E-state index in [1.165, 1.54) is 5.56 Å². The Labute approximate surface area is 190 Å². The Balaban J connectivity index is 1.16. The van der Waals surface area contributed by atoms with Crippen LogP contribution in [0.4, 0.5) is 19.0 Å². The van der Waals surface area contributed by atoms with Crippen molar-refractivity contribution in [2.45, 2.75) is 45.4 Å². The number of halogens is 3. The molecule has 2 aromatic rings. The Morgan fingerprint density at radius 3 is 2.64 bits per heavy atom. The van der Waals surface area contributed by atoms with Gasteiger partial charge in [-0.15, -0.1) is 0 Å². The molecule has 5 rings (SSSR count). The van der Waals surface area contributed by atoms with Crippen LogP contribution in [0.5, 0.6) is 0 Å². The highest BCUT2D eigenvalue weighted by atomic mass is 19.4. The monoisotopic (exact) mass is 460 g/mol. The predicted octanol–water partition coefficient (Wildman–Crippen LogP) is 4.01. The number of carbonyl (C=O) groups is 1. The van der Waals surface area contributed by atoms with Gasteiger partial charge in [-0.2, -0.15) is 13.2 Å². The highest BCUT2D eigenvalue weighted by molar-refractivity contribution is 5.93. The number of alkyl halides is 3. The van der Waals surface area contributed by atoms with E-state index in [1.54, 1.807) is 0 Å². The summed E-state index contributed by atoms with van der Waals surface area (Å²) in [5.41, 5.74) is 3.36. The molecular weight excluding hydrogens is 433 g/mol. The summed E-state index contributed by atoms with van der Waals surface area (Å²) in [6, 6.07) is 4.98. The first-order valence-electron chi connectivity index (χ1n) is 11.4. The van der Waals surface area contributed by atoms with E-state index in [1.807, 2.05) is 17.0 Å². The number of hydrogen-bond acceptors (Lipinski definition) is 6. The van der Waals surface area contributed by atoms with E-state index in [4.69, 9.17) is 4.74 Å². The molecule has 33 heavy (non-hydrogen) atoms. The first-order valence-corrected chi connectivity index (χ1v) is 11.4. The Kier molecular flexibility index (Phi) is 5.55. The second-order valence-electron chi connectivity index (χ2n) is 9.47. The number of ether oxygens (including phenoxy) is 1. The van der Waals surface area contributed by atoms with Gasteiger partial charge in [-0.1, -0.05) is 6.07 Å². The molecule has 6 nitrogen and oxygen atoms in total. The predicted molar refractivity (Wildman–Crippen MR) is 116 cm³/mol. The standard InChI is InChI=1S/C24H27F3N4O2/c1-16-17(2-3-18-19(16)13-33-22(18)32)4-8-30-9-5-23(6-10-30)7-11-31(14-23)21-12-20(24(25,26)27)28-15-29-21/h2-3,12,15H,4-11,13-14H2,1H3. The van der Waals surface area contributed by atoms with E-state index in [9.17, 15) is 18.0 Å². The maximum absolute atomic E-state index is 13.0. The van der Waals surface area contributed by atoms with E-state index in [-0.39, 0.29) is 11.4 Å². The zero-order valence-electron chi connectivity index (χ0n) is 18.6. The third-order valence-corrected chi connectivity index (χ3v) is 7.60. The Morgan fingerprint density at radius 1 is 1.12 bits per heavy atom. The van der Waals surface area contributed by atoms with E-state index in [0.717, 1.165) is 81.9 Å². The van der Waals surface area contributed by atoms with E-state index < -0.39 is 11.9 Å². The van der Waals surface area contributed by atoms with Crippen LogP contribution < -0.4 is 4.90 Å². The minimum absolute atomic E-state index is 0.140. The molecule has 0 bridgehead atoms. The topological polar surface area (TPSA) is 58.6 Å². The van der Waals surface area contributed by atoms with Gasteiger partial charge in [0.2, 0.25) is 0 Å². The number of piperidine rings is 1. The van der Waals surface area contributed by atoms with Crippen molar-refractivity contribution in [3.05, 3.63) is 52.5 Å². The maximum Gasteiger partial charge on any atom is 0.433 e. The number of esters is 1. The fourth-order valence-electron chi connectivity index (χ4n) is 5.41. The second-order valence-corrected chi connectivity index (χ2v) is 9.47. The summed E-state index contributed by atoms with van der Waals surface area (Å²) in [5, 5.41) is 0. The summed E-state index contributed by atoms with van der Waals surface area (Å²) in [7, 11) is 0. The molecule has 0 amide bonds. The smallest absolute Gasteiger partial charge is 0.433 e. The summed E-state index contributed by atoms with van der Waals surface area (Å²) in [6.07, 6.45) is 0.519. The fraction of sp³-hybridized carbons (Fsp3) is 0.542. The second kappa shape index (κ2) is 8.27. The molecule has 1 aromatic carbocycles. The molecule has 0 atom stereocenters. The minimum Gasteiger partial charge on any atom is -0.457 e. The van der Waals surface area contributed by atoms with Crippen LogP contribution in [-0.4, -0.2) is 53.6 Å². The molecule has 2 saturated heterocycles.